The Hall–Kier alpha value is -1.50. The van der Waals surface area contributed by atoms with Crippen molar-refractivity contribution in [3.05, 3.63) is 12.7 Å². The molecule has 4 nitrogen and oxygen atoms in total. The average molecular weight is 124 g/mol. The monoisotopic (exact) mass is 124 g/mol. The molecular formula is C5H8N4. The third-order valence-electron chi connectivity index (χ3n) is 0.598. The molecule has 0 aliphatic carbocycles. The van der Waals surface area contributed by atoms with Gasteiger partial charge in [-0.3, -0.25) is 0 Å². The molecule has 0 fully saturated rings. The number of aliphatic imine (C=N–C) groups is 1. The van der Waals surface area contributed by atoms with Gasteiger partial charge in [-0.25, -0.2) is 0 Å². The molecule has 0 bridgehead atoms. The van der Waals surface area contributed by atoms with E-state index in [2.05, 4.69) is 16.9 Å². The Morgan fingerprint density at radius 2 is 2.67 bits per heavy atom. The Labute approximate surface area is 53.7 Å². The van der Waals surface area contributed by atoms with E-state index in [1.165, 1.54) is 0 Å². The molecular weight excluding hydrogens is 116 g/mol. The summed E-state index contributed by atoms with van der Waals surface area (Å²) in [6.45, 7) is 3.96. The molecule has 0 saturated heterocycles. The van der Waals surface area contributed by atoms with Gasteiger partial charge in [0.1, 0.15) is 0 Å². The van der Waals surface area contributed by atoms with E-state index in [0.717, 1.165) is 0 Å². The van der Waals surface area contributed by atoms with E-state index in [-0.39, 0.29) is 5.96 Å². The molecule has 0 amide bonds. The van der Waals surface area contributed by atoms with E-state index in [1.807, 2.05) is 0 Å². The van der Waals surface area contributed by atoms with Crippen LogP contribution in [0.4, 0.5) is 0 Å². The third kappa shape index (κ3) is 4.35. The van der Waals surface area contributed by atoms with Gasteiger partial charge in [0.15, 0.2) is 0 Å². The van der Waals surface area contributed by atoms with Crippen LogP contribution in [0.5, 0.6) is 0 Å². The summed E-state index contributed by atoms with van der Waals surface area (Å²) < 4.78 is 0. The Morgan fingerprint density at radius 3 is 3.11 bits per heavy atom. The Bertz CT molecular complexity index is 153. The van der Waals surface area contributed by atoms with Gasteiger partial charge in [0, 0.05) is 6.54 Å². The number of nitrogens with two attached hydrogens (primary N) is 1. The molecule has 9 heavy (non-hydrogen) atoms. The summed E-state index contributed by atoms with van der Waals surface area (Å²) >= 11 is 0. The fraction of sp³-hybridized carbons (Fsp3) is 0.200. The quantitative estimate of drug-likeness (QED) is 0.227. The molecule has 0 rings (SSSR count). The van der Waals surface area contributed by atoms with Crippen LogP contribution >= 0.6 is 0 Å². The minimum Gasteiger partial charge on any atom is -0.369 e. The normalized spacial score (nSPS) is 9.89. The number of hydrogen-bond acceptors (Lipinski definition) is 2. The number of hydrogen-bond donors (Lipinski definition) is 2. The first-order chi connectivity index (χ1) is 4.31. The number of nitrogens with zero attached hydrogens (tertiary/aromatic N) is 2. The highest BCUT2D eigenvalue weighted by Gasteiger charge is 1.82. The molecule has 4 heteroatoms. The molecule has 0 atom stereocenters. The van der Waals surface area contributed by atoms with Gasteiger partial charge < -0.3 is 11.1 Å². The summed E-state index contributed by atoms with van der Waals surface area (Å²) in [6.07, 6.45) is 3.17. The Morgan fingerprint density at radius 1 is 2.00 bits per heavy atom. The lowest BCUT2D eigenvalue weighted by molar-refractivity contribution is 1.02. The summed E-state index contributed by atoms with van der Waals surface area (Å²) in [4.78, 5) is 3.20. The van der Waals surface area contributed by atoms with E-state index < -0.39 is 0 Å². The molecule has 0 aliphatic rings. The van der Waals surface area contributed by atoms with Crippen LogP contribution in [-0.4, -0.2) is 12.5 Å². The topological polar surface area (TPSA) is 74.2 Å². The minimum absolute atomic E-state index is 0.123. The van der Waals surface area contributed by atoms with E-state index in [4.69, 9.17) is 11.0 Å². The van der Waals surface area contributed by atoms with Crippen molar-refractivity contribution in [1.29, 1.82) is 5.26 Å². The molecule has 0 aromatic heterocycles. The fourth-order valence-electron chi connectivity index (χ4n) is 0.270. The van der Waals surface area contributed by atoms with Crippen LogP contribution in [0.2, 0.25) is 0 Å². The van der Waals surface area contributed by atoms with E-state index >= 15 is 0 Å². The number of nitriles is 1. The molecule has 0 aromatic rings. The SMILES string of the molecule is C=CCNC(N)=NC#N. The molecule has 0 unspecified atom stereocenters. The van der Waals surface area contributed by atoms with Crippen molar-refractivity contribution >= 4 is 5.96 Å². The second kappa shape index (κ2) is 4.65. The van der Waals surface area contributed by atoms with Crippen molar-refractivity contribution in [3.63, 3.8) is 0 Å². The van der Waals surface area contributed by atoms with Crippen LogP contribution in [0.25, 0.3) is 0 Å². The predicted molar refractivity (Wildman–Crippen MR) is 35.4 cm³/mol. The minimum atomic E-state index is 0.123. The first-order valence-corrected chi connectivity index (χ1v) is 2.38. The second-order valence-corrected chi connectivity index (χ2v) is 1.27. The van der Waals surface area contributed by atoms with Crippen molar-refractivity contribution < 1.29 is 0 Å². The van der Waals surface area contributed by atoms with Crippen LogP contribution < -0.4 is 11.1 Å². The molecule has 0 heterocycles. The number of nitrogens with one attached hydrogen (secondary N) is 1. The highest BCUT2D eigenvalue weighted by molar-refractivity contribution is 5.78. The molecule has 0 aliphatic heterocycles. The highest BCUT2D eigenvalue weighted by Crippen LogP contribution is 1.62. The summed E-state index contributed by atoms with van der Waals surface area (Å²) in [5, 5.41) is 10.6. The first kappa shape index (κ1) is 7.50. The van der Waals surface area contributed by atoms with Crippen LogP contribution in [0.1, 0.15) is 0 Å². The van der Waals surface area contributed by atoms with E-state index in [1.54, 1.807) is 12.3 Å². The van der Waals surface area contributed by atoms with Gasteiger partial charge in [-0.15, -0.1) is 11.6 Å². The Kier molecular flexibility index (Phi) is 3.88. The lowest BCUT2D eigenvalue weighted by Gasteiger charge is -1.95. The van der Waals surface area contributed by atoms with Crippen LogP contribution in [-0.2, 0) is 0 Å². The molecule has 0 spiro atoms. The van der Waals surface area contributed by atoms with Crippen molar-refractivity contribution in [2.75, 3.05) is 6.54 Å². The summed E-state index contributed by atoms with van der Waals surface area (Å²) in [5.74, 6) is 0.123. The second-order valence-electron chi connectivity index (χ2n) is 1.27. The van der Waals surface area contributed by atoms with Crippen molar-refractivity contribution in [2.24, 2.45) is 10.7 Å². The van der Waals surface area contributed by atoms with Crippen LogP contribution in [0.15, 0.2) is 17.6 Å². The molecule has 0 saturated carbocycles. The van der Waals surface area contributed by atoms with Gasteiger partial charge in [-0.2, -0.15) is 5.26 Å². The lowest BCUT2D eigenvalue weighted by atomic mass is 10.6. The molecule has 3 N–H and O–H groups in total. The maximum Gasteiger partial charge on any atom is 0.209 e. The fourth-order valence-corrected chi connectivity index (χ4v) is 0.270. The van der Waals surface area contributed by atoms with Gasteiger partial charge in [0.05, 0.1) is 0 Å². The first-order valence-electron chi connectivity index (χ1n) is 2.38. The maximum absolute atomic E-state index is 7.95. The maximum atomic E-state index is 7.95. The van der Waals surface area contributed by atoms with Gasteiger partial charge in [0.2, 0.25) is 12.2 Å². The molecule has 0 aromatic carbocycles. The highest BCUT2D eigenvalue weighted by atomic mass is 15.1. The van der Waals surface area contributed by atoms with Crippen molar-refractivity contribution in [2.45, 2.75) is 0 Å². The van der Waals surface area contributed by atoms with Gasteiger partial charge in [0.25, 0.3) is 0 Å². The Balaban J connectivity index is 3.52. The molecule has 0 radical (unpaired) electrons. The van der Waals surface area contributed by atoms with Crippen molar-refractivity contribution in [1.82, 2.24) is 5.32 Å². The van der Waals surface area contributed by atoms with Crippen molar-refractivity contribution in [3.8, 4) is 6.19 Å². The smallest absolute Gasteiger partial charge is 0.209 e. The average Bonchev–Trinajstić information content (AvgIpc) is 1.85. The van der Waals surface area contributed by atoms with Gasteiger partial charge in [-0.05, 0) is 0 Å². The molecule has 48 valence electrons. The standard InChI is InChI=1S/C5H8N4/c1-2-3-8-5(7)9-4-6/h2H,1,3H2,(H3,7,8,9). The third-order valence-corrected chi connectivity index (χ3v) is 0.598. The van der Waals surface area contributed by atoms with Crippen LogP contribution in [0, 0.1) is 11.5 Å². The summed E-state index contributed by atoms with van der Waals surface area (Å²) in [6, 6.07) is 0. The predicted octanol–water partition coefficient (Wildman–Crippen LogP) is -0.442. The zero-order valence-corrected chi connectivity index (χ0v) is 4.96. The van der Waals surface area contributed by atoms with Crippen LogP contribution in [0.3, 0.4) is 0 Å². The van der Waals surface area contributed by atoms with Gasteiger partial charge in [-0.1, -0.05) is 6.08 Å². The summed E-state index contributed by atoms with van der Waals surface area (Å²) in [5.41, 5.74) is 5.14. The zero-order chi connectivity index (χ0) is 7.11. The van der Waals surface area contributed by atoms with E-state index in [9.17, 15) is 0 Å². The number of guanidine groups is 1. The largest absolute Gasteiger partial charge is 0.369 e. The number of rotatable bonds is 2. The van der Waals surface area contributed by atoms with Gasteiger partial charge >= 0.3 is 0 Å². The zero-order valence-electron chi connectivity index (χ0n) is 4.96. The van der Waals surface area contributed by atoms with E-state index in [0.29, 0.717) is 6.54 Å². The summed E-state index contributed by atoms with van der Waals surface area (Å²) in [7, 11) is 0. The lowest BCUT2D eigenvalue weighted by Crippen LogP contribution is -2.31.